The minimum atomic E-state index is 0.651. The van der Waals surface area contributed by atoms with Gasteiger partial charge < -0.3 is 9.88 Å². The molecule has 0 aliphatic heterocycles. The molecule has 2 heteroatoms. The van der Waals surface area contributed by atoms with Gasteiger partial charge in [-0.05, 0) is 50.4 Å². The van der Waals surface area contributed by atoms with Crippen LogP contribution in [0.15, 0.2) is 30.5 Å². The number of terminal acetylenes is 1. The highest BCUT2D eigenvalue weighted by Crippen LogP contribution is 2.22. The Morgan fingerprint density at radius 3 is 2.85 bits per heavy atom. The summed E-state index contributed by atoms with van der Waals surface area (Å²) in [7, 11) is 0. The van der Waals surface area contributed by atoms with E-state index in [0.29, 0.717) is 6.54 Å². The molecular weight excluding hydrogens is 244 g/mol. The highest BCUT2D eigenvalue weighted by molar-refractivity contribution is 5.84. The third kappa shape index (κ3) is 3.65. The molecule has 106 valence electrons. The summed E-state index contributed by atoms with van der Waals surface area (Å²) in [5.74, 6) is 2.73. The lowest BCUT2D eigenvalue weighted by atomic mass is 10.1. The molecule has 2 aromatic rings. The molecule has 0 aliphatic rings. The van der Waals surface area contributed by atoms with Crippen LogP contribution in [0.2, 0.25) is 0 Å². The Kier molecular flexibility index (Phi) is 5.70. The van der Waals surface area contributed by atoms with Gasteiger partial charge in [-0.25, -0.2) is 0 Å². The van der Waals surface area contributed by atoms with Gasteiger partial charge in [0.25, 0.3) is 0 Å². The number of benzene rings is 1. The fourth-order valence-electron chi connectivity index (χ4n) is 2.62. The molecule has 2 rings (SSSR count). The van der Waals surface area contributed by atoms with Crippen LogP contribution < -0.4 is 5.32 Å². The largest absolute Gasteiger partial charge is 0.336 e. The van der Waals surface area contributed by atoms with Crippen LogP contribution in [0.1, 0.15) is 31.7 Å². The van der Waals surface area contributed by atoms with Crippen molar-refractivity contribution in [3.05, 3.63) is 36.0 Å². The number of hydrogen-bond donors (Lipinski definition) is 1. The number of fused-ring (bicyclic) bond motifs is 1. The molecule has 0 atom stereocenters. The molecule has 2 nitrogen and oxygen atoms in total. The van der Waals surface area contributed by atoms with Gasteiger partial charge in [0.1, 0.15) is 0 Å². The average Bonchev–Trinajstić information content (AvgIpc) is 2.82. The van der Waals surface area contributed by atoms with E-state index in [9.17, 15) is 0 Å². The Labute approximate surface area is 122 Å². The first-order valence-corrected chi connectivity index (χ1v) is 7.57. The van der Waals surface area contributed by atoms with Crippen molar-refractivity contribution in [3.8, 4) is 12.3 Å². The van der Waals surface area contributed by atoms with Crippen LogP contribution in [0.5, 0.6) is 0 Å². The Balaban J connectivity index is 1.98. The van der Waals surface area contributed by atoms with Gasteiger partial charge in [0.15, 0.2) is 0 Å². The highest BCUT2D eigenvalue weighted by atomic mass is 14.9. The molecule has 0 saturated carbocycles. The number of aryl methyl sites for hydroxylation is 1. The average molecular weight is 268 g/mol. The Morgan fingerprint density at radius 2 is 2.05 bits per heavy atom. The standard InChI is InChI=1S/C18H24N2/c1-3-12-19-13-8-7-9-16-15-20(14-4-2)18-11-6-5-10-17(16)18/h2,5-6,10-11,15,19H,3,7-9,12-14H2,1H3. The number of unbranched alkanes of at least 4 members (excludes halogenated alkanes) is 1. The van der Waals surface area contributed by atoms with Gasteiger partial charge in [-0.1, -0.05) is 31.0 Å². The van der Waals surface area contributed by atoms with Crippen molar-refractivity contribution in [2.75, 3.05) is 13.1 Å². The predicted molar refractivity (Wildman–Crippen MR) is 86.9 cm³/mol. The van der Waals surface area contributed by atoms with Crippen molar-refractivity contribution in [2.24, 2.45) is 0 Å². The Bertz CT molecular complexity index is 575. The van der Waals surface area contributed by atoms with Crippen molar-refractivity contribution >= 4 is 10.9 Å². The van der Waals surface area contributed by atoms with Crippen LogP contribution in [0.4, 0.5) is 0 Å². The molecule has 1 heterocycles. The summed E-state index contributed by atoms with van der Waals surface area (Å²) in [4.78, 5) is 0. The van der Waals surface area contributed by atoms with Crippen molar-refractivity contribution < 1.29 is 0 Å². The molecule has 1 N–H and O–H groups in total. The van der Waals surface area contributed by atoms with Gasteiger partial charge >= 0.3 is 0 Å². The maximum Gasteiger partial charge on any atom is 0.0835 e. The molecule has 0 aliphatic carbocycles. The molecule has 20 heavy (non-hydrogen) atoms. The van der Waals surface area contributed by atoms with Gasteiger partial charge in [0.2, 0.25) is 0 Å². The van der Waals surface area contributed by atoms with Crippen molar-refractivity contribution in [2.45, 2.75) is 39.2 Å². The molecule has 1 aromatic carbocycles. The van der Waals surface area contributed by atoms with Crippen LogP contribution in [0, 0.1) is 12.3 Å². The van der Waals surface area contributed by atoms with E-state index in [4.69, 9.17) is 6.42 Å². The molecule has 1 aromatic heterocycles. The van der Waals surface area contributed by atoms with Crippen molar-refractivity contribution in [3.63, 3.8) is 0 Å². The lowest BCUT2D eigenvalue weighted by Crippen LogP contribution is -2.15. The zero-order valence-corrected chi connectivity index (χ0v) is 12.4. The molecule has 0 unspecified atom stereocenters. The third-order valence-electron chi connectivity index (χ3n) is 3.61. The summed E-state index contributed by atoms with van der Waals surface area (Å²) in [6.07, 6.45) is 12.5. The summed E-state index contributed by atoms with van der Waals surface area (Å²) in [6.45, 7) is 5.10. The van der Waals surface area contributed by atoms with E-state index in [-0.39, 0.29) is 0 Å². The first-order valence-electron chi connectivity index (χ1n) is 7.57. The number of hydrogen-bond acceptors (Lipinski definition) is 1. The second-order valence-electron chi connectivity index (χ2n) is 5.21. The number of rotatable bonds is 8. The van der Waals surface area contributed by atoms with Gasteiger partial charge in [-0.3, -0.25) is 0 Å². The van der Waals surface area contributed by atoms with Crippen molar-refractivity contribution in [1.29, 1.82) is 0 Å². The quantitative estimate of drug-likeness (QED) is 0.572. The summed E-state index contributed by atoms with van der Waals surface area (Å²) in [5.41, 5.74) is 2.68. The minimum absolute atomic E-state index is 0.651. The number of nitrogens with zero attached hydrogens (tertiary/aromatic N) is 1. The second-order valence-corrected chi connectivity index (χ2v) is 5.21. The first kappa shape index (κ1) is 14.7. The fourth-order valence-corrected chi connectivity index (χ4v) is 2.62. The lowest BCUT2D eigenvalue weighted by Gasteiger charge is -2.02. The van der Waals surface area contributed by atoms with Gasteiger partial charge in [-0.2, -0.15) is 0 Å². The van der Waals surface area contributed by atoms with E-state index < -0.39 is 0 Å². The summed E-state index contributed by atoms with van der Waals surface area (Å²) in [6, 6.07) is 8.54. The zero-order valence-electron chi connectivity index (χ0n) is 12.4. The topological polar surface area (TPSA) is 17.0 Å². The van der Waals surface area contributed by atoms with E-state index in [2.05, 4.69) is 53.2 Å². The molecule has 0 amide bonds. The summed E-state index contributed by atoms with van der Waals surface area (Å²) < 4.78 is 2.18. The van der Waals surface area contributed by atoms with Crippen molar-refractivity contribution in [1.82, 2.24) is 9.88 Å². The van der Waals surface area contributed by atoms with Crippen LogP contribution in [0.3, 0.4) is 0 Å². The molecule has 0 radical (unpaired) electrons. The Hall–Kier alpha value is -1.72. The van der Waals surface area contributed by atoms with Gasteiger partial charge in [0, 0.05) is 17.1 Å². The van der Waals surface area contributed by atoms with E-state index in [1.165, 1.54) is 35.7 Å². The number of aromatic nitrogens is 1. The lowest BCUT2D eigenvalue weighted by molar-refractivity contribution is 0.617. The third-order valence-corrected chi connectivity index (χ3v) is 3.61. The Morgan fingerprint density at radius 1 is 1.20 bits per heavy atom. The van der Waals surface area contributed by atoms with Gasteiger partial charge in [0.05, 0.1) is 6.54 Å². The van der Waals surface area contributed by atoms with Gasteiger partial charge in [-0.15, -0.1) is 6.42 Å². The van der Waals surface area contributed by atoms with Crippen LogP contribution in [-0.2, 0) is 13.0 Å². The monoisotopic (exact) mass is 268 g/mol. The smallest absolute Gasteiger partial charge is 0.0835 e. The molecular formula is C18H24N2. The maximum atomic E-state index is 5.45. The van der Waals surface area contributed by atoms with E-state index >= 15 is 0 Å². The van der Waals surface area contributed by atoms with Crippen LogP contribution in [0.25, 0.3) is 10.9 Å². The minimum Gasteiger partial charge on any atom is -0.336 e. The summed E-state index contributed by atoms with van der Waals surface area (Å²) >= 11 is 0. The number of para-hydroxylation sites is 1. The maximum absolute atomic E-state index is 5.45. The van der Waals surface area contributed by atoms with Crippen LogP contribution >= 0.6 is 0 Å². The molecule has 0 spiro atoms. The van der Waals surface area contributed by atoms with E-state index in [1.807, 2.05) is 0 Å². The van der Waals surface area contributed by atoms with E-state index in [0.717, 1.165) is 19.5 Å². The summed E-state index contributed by atoms with van der Waals surface area (Å²) in [5, 5.41) is 4.80. The highest BCUT2D eigenvalue weighted by Gasteiger charge is 2.06. The van der Waals surface area contributed by atoms with Crippen LogP contribution in [-0.4, -0.2) is 17.7 Å². The number of nitrogens with one attached hydrogen (secondary N) is 1. The predicted octanol–water partition coefficient (Wildman–Crippen LogP) is 3.60. The zero-order chi connectivity index (χ0) is 14.2. The SMILES string of the molecule is C#CCn1cc(CCCCNCCC)c2ccccc21. The second kappa shape index (κ2) is 7.77. The first-order chi connectivity index (χ1) is 9.86. The molecule has 0 fully saturated rings. The fraction of sp³-hybridized carbons (Fsp3) is 0.444. The van der Waals surface area contributed by atoms with E-state index in [1.54, 1.807) is 0 Å². The molecule has 0 bridgehead atoms. The molecule has 0 saturated heterocycles. The normalized spacial score (nSPS) is 10.8.